The summed E-state index contributed by atoms with van der Waals surface area (Å²) < 4.78 is 19.6. The minimum atomic E-state index is -0.0995. The second-order valence-electron chi connectivity index (χ2n) is 14.9. The molecule has 0 spiro atoms. The molecule has 262 valence electrons. The van der Waals surface area contributed by atoms with Crippen LogP contribution in [0.4, 0.5) is 4.39 Å². The molecular weight excluding hydrogens is 716 g/mol. The molecule has 0 aliphatic carbocycles. The second kappa shape index (κ2) is 14.5. The van der Waals surface area contributed by atoms with E-state index in [4.69, 9.17) is 12.6 Å². The molecular formula is C42H51FS6. The maximum Gasteiger partial charge on any atom is 0.145 e. The number of halogens is 1. The van der Waals surface area contributed by atoms with Crippen LogP contribution in [0.1, 0.15) is 126 Å². The van der Waals surface area contributed by atoms with E-state index in [1.807, 2.05) is 52.3 Å². The van der Waals surface area contributed by atoms with Crippen LogP contribution in [-0.4, -0.2) is 0 Å². The van der Waals surface area contributed by atoms with E-state index in [1.54, 1.807) is 11.3 Å². The summed E-state index contributed by atoms with van der Waals surface area (Å²) >= 11 is 14.4. The van der Waals surface area contributed by atoms with E-state index in [2.05, 4.69) is 92.7 Å². The van der Waals surface area contributed by atoms with Gasteiger partial charge in [0.05, 0.1) is 9.58 Å². The van der Waals surface area contributed by atoms with Gasteiger partial charge in [0.1, 0.15) is 5.82 Å². The van der Waals surface area contributed by atoms with Crippen molar-refractivity contribution in [3.8, 4) is 20.2 Å². The molecule has 7 heteroatoms. The van der Waals surface area contributed by atoms with Crippen molar-refractivity contribution in [2.75, 3.05) is 0 Å². The number of thiol groups is 1. The molecule has 0 aliphatic heterocycles. The van der Waals surface area contributed by atoms with Crippen molar-refractivity contribution in [2.24, 2.45) is 5.92 Å². The third kappa shape index (κ3) is 6.68. The summed E-state index contributed by atoms with van der Waals surface area (Å²) in [5.74, 6) is 0.703. The minimum Gasteiger partial charge on any atom is -0.205 e. The van der Waals surface area contributed by atoms with Crippen LogP contribution in [0.25, 0.3) is 55.4 Å². The van der Waals surface area contributed by atoms with E-state index < -0.39 is 0 Å². The molecule has 0 fully saturated rings. The Balaban J connectivity index is 1.66. The maximum absolute atomic E-state index is 15.8. The number of benzene rings is 1. The first-order valence-corrected chi connectivity index (χ1v) is 22.5. The Morgan fingerprint density at radius 2 is 1.59 bits per heavy atom. The smallest absolute Gasteiger partial charge is 0.145 e. The highest BCUT2D eigenvalue weighted by Gasteiger charge is 2.32. The molecule has 0 radical (unpaired) electrons. The number of unbranched alkanes of at least 4 members (excludes halogenated alkanes) is 1. The van der Waals surface area contributed by atoms with Gasteiger partial charge in [-0.1, -0.05) is 87.1 Å². The monoisotopic (exact) mass is 766 g/mol. The molecule has 6 rings (SSSR count). The van der Waals surface area contributed by atoms with Crippen LogP contribution in [0.2, 0.25) is 0 Å². The van der Waals surface area contributed by atoms with E-state index in [0.29, 0.717) is 0 Å². The summed E-state index contributed by atoms with van der Waals surface area (Å²) in [6.45, 7) is 22.5. The molecule has 0 amide bonds. The van der Waals surface area contributed by atoms with Gasteiger partial charge < -0.3 is 0 Å². The van der Waals surface area contributed by atoms with Gasteiger partial charge in [-0.2, -0.15) is 0 Å². The zero-order chi connectivity index (χ0) is 35.4. The van der Waals surface area contributed by atoms with Crippen molar-refractivity contribution in [1.29, 1.82) is 0 Å². The zero-order valence-corrected chi connectivity index (χ0v) is 35.8. The average Bonchev–Trinajstić information content (AvgIpc) is 3.92. The summed E-state index contributed by atoms with van der Waals surface area (Å²) in [4.78, 5) is 9.70. The van der Waals surface area contributed by atoms with Crippen molar-refractivity contribution in [3.05, 3.63) is 61.2 Å². The number of aryl methyl sites for hydroxylation is 1. The lowest BCUT2D eigenvalue weighted by Gasteiger charge is -2.21. The van der Waals surface area contributed by atoms with Gasteiger partial charge in [0.2, 0.25) is 0 Å². The van der Waals surface area contributed by atoms with Crippen LogP contribution in [0, 0.1) is 18.7 Å². The van der Waals surface area contributed by atoms with Gasteiger partial charge in [-0.3, -0.25) is 0 Å². The molecule has 1 atom stereocenters. The van der Waals surface area contributed by atoms with Crippen LogP contribution in [0.15, 0.2) is 30.3 Å². The molecule has 5 heterocycles. The Morgan fingerprint density at radius 3 is 2.24 bits per heavy atom. The topological polar surface area (TPSA) is 0 Å². The first-order chi connectivity index (χ1) is 23.3. The number of fused-ring (bicyclic) bond motifs is 3. The lowest BCUT2D eigenvalue weighted by molar-refractivity contribution is 0.452. The molecule has 0 nitrogen and oxygen atoms in total. The zero-order valence-electron chi connectivity index (χ0n) is 30.8. The lowest BCUT2D eigenvalue weighted by atomic mass is 9.87. The van der Waals surface area contributed by atoms with Crippen molar-refractivity contribution in [2.45, 2.75) is 125 Å². The molecule has 0 bridgehead atoms. The third-order valence-electron chi connectivity index (χ3n) is 10.8. The molecule has 49 heavy (non-hydrogen) atoms. The quantitative estimate of drug-likeness (QED) is 0.111. The van der Waals surface area contributed by atoms with Crippen LogP contribution in [0.5, 0.6) is 0 Å². The van der Waals surface area contributed by atoms with E-state index in [-0.39, 0.29) is 16.6 Å². The highest BCUT2D eigenvalue weighted by atomic mass is 32.1. The van der Waals surface area contributed by atoms with Crippen LogP contribution < -0.4 is 0 Å². The summed E-state index contributed by atoms with van der Waals surface area (Å²) in [7, 11) is 0. The first-order valence-electron chi connectivity index (χ1n) is 18.0. The first kappa shape index (κ1) is 37.3. The second-order valence-corrected chi connectivity index (χ2v) is 20.9. The average molecular weight is 767 g/mol. The molecule has 0 aliphatic rings. The van der Waals surface area contributed by atoms with Crippen LogP contribution in [-0.2, 0) is 17.3 Å². The standard InChI is InChI=1S/C42H51FS6/c1-11-16-17-24(12-2)20-25-18-19-29(46-25)33-26-21-30(38-39-34(35(43)23(6)45-39)40(49-38)42(9,10)15-5)47-36(26)32(28(44)13-3)27-22-31(48-37(27)33)41(7,8)14-4/h13,18-19,21-22,24,44H,11-12,14-17,20H2,1-10H3/b28-13-. The van der Waals surface area contributed by atoms with Crippen molar-refractivity contribution >= 4 is 104 Å². The van der Waals surface area contributed by atoms with E-state index in [0.717, 1.165) is 45.0 Å². The molecule has 1 unspecified atom stereocenters. The molecule has 0 saturated carbocycles. The van der Waals surface area contributed by atoms with E-state index in [1.165, 1.54) is 86.2 Å². The number of thiophene rings is 5. The Morgan fingerprint density at radius 1 is 0.857 bits per heavy atom. The molecule has 6 aromatic rings. The van der Waals surface area contributed by atoms with Gasteiger partial charge in [0.15, 0.2) is 0 Å². The van der Waals surface area contributed by atoms with Gasteiger partial charge >= 0.3 is 0 Å². The van der Waals surface area contributed by atoms with E-state index >= 15 is 4.39 Å². The lowest BCUT2D eigenvalue weighted by Crippen LogP contribution is -2.13. The Bertz CT molecular complexity index is 2150. The fourth-order valence-electron chi connectivity index (χ4n) is 6.77. The van der Waals surface area contributed by atoms with Gasteiger partial charge in [-0.25, -0.2) is 4.39 Å². The summed E-state index contributed by atoms with van der Waals surface area (Å²) in [5.41, 5.74) is 2.59. The fourth-order valence-corrected chi connectivity index (χ4v) is 13.8. The van der Waals surface area contributed by atoms with Crippen molar-refractivity contribution in [1.82, 2.24) is 0 Å². The highest BCUT2D eigenvalue weighted by molar-refractivity contribution is 7.90. The van der Waals surface area contributed by atoms with E-state index in [9.17, 15) is 0 Å². The Kier molecular flexibility index (Phi) is 11.0. The third-order valence-corrected chi connectivity index (χ3v) is 18.1. The maximum atomic E-state index is 15.8. The Labute approximate surface area is 318 Å². The predicted octanol–water partition coefficient (Wildman–Crippen LogP) is 16.7. The predicted molar refractivity (Wildman–Crippen MR) is 230 cm³/mol. The normalized spacial score (nSPS) is 13.9. The van der Waals surface area contributed by atoms with Gasteiger partial charge in [0, 0.05) is 70.9 Å². The fraction of sp³-hybridized carbons (Fsp3) is 0.476. The number of rotatable bonds is 13. The number of hydrogen-bond acceptors (Lipinski definition) is 6. The molecule has 0 saturated heterocycles. The highest BCUT2D eigenvalue weighted by Crippen LogP contribution is 2.56. The van der Waals surface area contributed by atoms with Gasteiger partial charge in [-0.05, 0) is 74.1 Å². The molecule has 5 aromatic heterocycles. The van der Waals surface area contributed by atoms with Crippen LogP contribution in [0.3, 0.4) is 0 Å². The summed E-state index contributed by atoms with van der Waals surface area (Å²) in [6.07, 6.45) is 10.5. The van der Waals surface area contributed by atoms with Crippen molar-refractivity contribution in [3.63, 3.8) is 0 Å². The summed E-state index contributed by atoms with van der Waals surface area (Å²) in [6, 6.07) is 9.70. The molecule has 0 N–H and O–H groups in total. The molecule has 1 aromatic carbocycles. The minimum absolute atomic E-state index is 0.0323. The number of hydrogen-bond donors (Lipinski definition) is 1. The largest absolute Gasteiger partial charge is 0.205 e. The van der Waals surface area contributed by atoms with Crippen LogP contribution >= 0.6 is 69.3 Å². The summed E-state index contributed by atoms with van der Waals surface area (Å²) in [5, 5.41) is 3.46. The van der Waals surface area contributed by atoms with Gasteiger partial charge in [0.25, 0.3) is 0 Å². The van der Waals surface area contributed by atoms with Crippen molar-refractivity contribution < 1.29 is 4.39 Å². The van der Waals surface area contributed by atoms with Gasteiger partial charge in [-0.15, -0.1) is 69.3 Å². The Hall–Kier alpha value is -1.48. The SMILES string of the molecule is C/C=C(\S)c1c2cc(C(C)(C)CC)sc2c(-c2ccc(CC(CC)CCCC)s2)c2cc(-c3sc(C(C)(C)CC)c4c(F)c(C)sc34)sc12. The number of allylic oxidation sites excluding steroid dienone is 1.